The van der Waals surface area contributed by atoms with E-state index in [-0.39, 0.29) is 17.7 Å². The van der Waals surface area contributed by atoms with Gasteiger partial charge in [0.1, 0.15) is 11.4 Å². The van der Waals surface area contributed by atoms with Crippen molar-refractivity contribution in [2.24, 2.45) is 5.92 Å². The van der Waals surface area contributed by atoms with Crippen molar-refractivity contribution in [2.45, 2.75) is 53.0 Å². The first-order valence-electron chi connectivity index (χ1n) is 13.5. The molecule has 1 aliphatic rings. The fourth-order valence-electron chi connectivity index (χ4n) is 5.20. The molecule has 2 aromatic carbocycles. The van der Waals surface area contributed by atoms with E-state index in [2.05, 4.69) is 5.32 Å². The van der Waals surface area contributed by atoms with Gasteiger partial charge in [0.15, 0.2) is 11.6 Å². The van der Waals surface area contributed by atoms with Crippen LogP contribution in [-0.4, -0.2) is 60.9 Å². The molecule has 6 nitrogen and oxygen atoms in total. The number of halogens is 3. The number of anilines is 2. The molecule has 1 N–H and O–H groups in total. The minimum Gasteiger partial charge on any atom is -0.367 e. The van der Waals surface area contributed by atoms with E-state index in [1.165, 1.54) is 12.1 Å². The van der Waals surface area contributed by atoms with Crippen molar-refractivity contribution in [2.75, 3.05) is 49.5 Å². The number of hydrogen-bond acceptors (Lipinski definition) is 4. The molecule has 1 saturated heterocycles. The molecule has 0 spiro atoms. The molecule has 0 bridgehead atoms. The van der Waals surface area contributed by atoms with Gasteiger partial charge in [-0.25, -0.2) is 13.2 Å². The van der Waals surface area contributed by atoms with Crippen molar-refractivity contribution in [1.29, 1.82) is 0 Å². The third-order valence-corrected chi connectivity index (χ3v) is 7.77. The zero-order valence-corrected chi connectivity index (χ0v) is 23.0. The number of carbonyl (C=O) groups is 2. The molecule has 38 heavy (non-hydrogen) atoms. The van der Waals surface area contributed by atoms with Gasteiger partial charge in [0.05, 0.1) is 5.69 Å². The Morgan fingerprint density at radius 3 is 2.05 bits per heavy atom. The van der Waals surface area contributed by atoms with Crippen LogP contribution in [0.25, 0.3) is 0 Å². The maximum absolute atomic E-state index is 15.1. The third-order valence-electron chi connectivity index (χ3n) is 7.77. The molecule has 1 fully saturated rings. The highest BCUT2D eigenvalue weighted by molar-refractivity contribution is 5.92. The lowest BCUT2D eigenvalue weighted by Crippen LogP contribution is -2.61. The van der Waals surface area contributed by atoms with E-state index < -0.39 is 23.0 Å². The molecule has 1 atom stereocenters. The summed E-state index contributed by atoms with van der Waals surface area (Å²) in [6.45, 7) is 12.1. The van der Waals surface area contributed by atoms with Crippen LogP contribution in [0.4, 0.5) is 24.5 Å². The summed E-state index contributed by atoms with van der Waals surface area (Å²) in [6, 6.07) is 8.28. The van der Waals surface area contributed by atoms with Gasteiger partial charge in [-0.15, -0.1) is 0 Å². The van der Waals surface area contributed by atoms with Crippen LogP contribution in [0.3, 0.4) is 0 Å². The predicted molar refractivity (Wildman–Crippen MR) is 145 cm³/mol. The average Bonchev–Trinajstić information content (AvgIpc) is 2.91. The Labute approximate surface area is 223 Å². The Bertz CT molecular complexity index is 1130. The number of benzene rings is 2. The molecule has 0 radical (unpaired) electrons. The lowest BCUT2D eigenvalue weighted by atomic mass is 9.87. The second-order valence-corrected chi connectivity index (χ2v) is 9.82. The number of nitrogens with one attached hydrogen (secondary N) is 1. The summed E-state index contributed by atoms with van der Waals surface area (Å²) < 4.78 is 43.1. The minimum atomic E-state index is -1.21. The third kappa shape index (κ3) is 5.98. The Hall–Kier alpha value is -3.07. The predicted octanol–water partition coefficient (Wildman–Crippen LogP) is 5.38. The molecule has 9 heteroatoms. The number of nitrogens with zero attached hydrogens (tertiary/aromatic N) is 3. The summed E-state index contributed by atoms with van der Waals surface area (Å²) >= 11 is 0. The van der Waals surface area contributed by atoms with E-state index >= 15 is 4.39 Å². The number of carbonyl (C=O) groups excluding carboxylic acids is 2. The van der Waals surface area contributed by atoms with Crippen molar-refractivity contribution in [3.63, 3.8) is 0 Å². The Balaban J connectivity index is 1.81. The number of piperazine rings is 1. The maximum Gasteiger partial charge on any atom is 0.247 e. The first kappa shape index (κ1) is 29.5. The SMILES string of the molecule is CCC(CC)C(=O)Nc1ccc(N2CCN(C(C)(C(=O)N(CC)CC)c3ccc(F)c(F)c3)CC2)c(F)c1. The molecule has 2 aromatic rings. The van der Waals surface area contributed by atoms with Gasteiger partial charge < -0.3 is 15.1 Å². The lowest BCUT2D eigenvalue weighted by Gasteiger charge is -2.47. The van der Waals surface area contributed by atoms with Crippen molar-refractivity contribution in [3.05, 3.63) is 59.4 Å². The largest absolute Gasteiger partial charge is 0.367 e. The summed E-state index contributed by atoms with van der Waals surface area (Å²) in [5.41, 5.74) is -0.00758. The first-order valence-corrected chi connectivity index (χ1v) is 13.5. The molecule has 1 aliphatic heterocycles. The fourth-order valence-corrected chi connectivity index (χ4v) is 5.20. The Morgan fingerprint density at radius 2 is 1.53 bits per heavy atom. The van der Waals surface area contributed by atoms with E-state index in [4.69, 9.17) is 0 Å². The van der Waals surface area contributed by atoms with Crippen LogP contribution in [0.15, 0.2) is 36.4 Å². The summed E-state index contributed by atoms with van der Waals surface area (Å²) in [6.07, 6.45) is 1.43. The second-order valence-electron chi connectivity index (χ2n) is 9.82. The lowest BCUT2D eigenvalue weighted by molar-refractivity contribution is -0.144. The van der Waals surface area contributed by atoms with Crippen LogP contribution in [0.2, 0.25) is 0 Å². The minimum absolute atomic E-state index is 0.117. The number of hydrogen-bond donors (Lipinski definition) is 1. The maximum atomic E-state index is 15.1. The molecule has 208 valence electrons. The van der Waals surface area contributed by atoms with Crippen LogP contribution in [0.5, 0.6) is 0 Å². The quantitative estimate of drug-likeness (QED) is 0.446. The highest BCUT2D eigenvalue weighted by Gasteiger charge is 2.44. The van der Waals surface area contributed by atoms with Crippen LogP contribution < -0.4 is 10.2 Å². The zero-order chi connectivity index (χ0) is 28.0. The van der Waals surface area contributed by atoms with Gasteiger partial charge in [0.25, 0.3) is 0 Å². The highest BCUT2D eigenvalue weighted by Crippen LogP contribution is 2.34. The topological polar surface area (TPSA) is 55.9 Å². The van der Waals surface area contributed by atoms with Crippen LogP contribution in [0, 0.1) is 23.4 Å². The van der Waals surface area contributed by atoms with Gasteiger partial charge in [-0.2, -0.15) is 0 Å². The summed E-state index contributed by atoms with van der Waals surface area (Å²) in [4.78, 5) is 31.6. The van der Waals surface area contributed by atoms with Gasteiger partial charge in [-0.1, -0.05) is 19.9 Å². The van der Waals surface area contributed by atoms with E-state index in [9.17, 15) is 18.4 Å². The second kappa shape index (κ2) is 12.7. The average molecular weight is 533 g/mol. The monoisotopic (exact) mass is 532 g/mol. The fraction of sp³-hybridized carbons (Fsp3) is 0.517. The number of likely N-dealkylation sites (N-methyl/N-ethyl adjacent to an activating group) is 1. The smallest absolute Gasteiger partial charge is 0.247 e. The van der Waals surface area contributed by atoms with Crippen molar-refractivity contribution in [1.82, 2.24) is 9.80 Å². The summed E-state index contributed by atoms with van der Waals surface area (Å²) in [7, 11) is 0. The van der Waals surface area contributed by atoms with E-state index in [1.54, 1.807) is 24.0 Å². The standard InChI is InChI=1S/C29H39F3N4O2/c1-6-20(7-2)27(37)33-22-11-13-26(25(32)19-22)35-14-16-36(17-15-35)29(5,28(38)34(8-3)9-4)21-10-12-23(30)24(31)18-21/h10-13,18-20H,6-9,14-17H2,1-5H3,(H,33,37). The van der Waals surface area contributed by atoms with Gasteiger partial charge >= 0.3 is 0 Å². The highest BCUT2D eigenvalue weighted by atomic mass is 19.2. The molecular formula is C29H39F3N4O2. The molecule has 2 amide bonds. The van der Waals surface area contributed by atoms with E-state index in [1.807, 2.05) is 37.5 Å². The zero-order valence-electron chi connectivity index (χ0n) is 23.0. The Kier molecular flexibility index (Phi) is 9.82. The van der Waals surface area contributed by atoms with E-state index in [0.29, 0.717) is 69.0 Å². The van der Waals surface area contributed by atoms with Crippen LogP contribution in [-0.2, 0) is 15.1 Å². The van der Waals surface area contributed by atoms with Crippen molar-refractivity contribution >= 4 is 23.2 Å². The summed E-state index contributed by atoms with van der Waals surface area (Å²) in [5, 5.41) is 2.80. The molecule has 0 saturated carbocycles. The molecule has 0 aromatic heterocycles. The van der Waals surface area contributed by atoms with Crippen LogP contribution in [0.1, 0.15) is 53.0 Å². The molecule has 1 unspecified atom stereocenters. The first-order chi connectivity index (χ1) is 18.1. The van der Waals surface area contributed by atoms with E-state index in [0.717, 1.165) is 12.1 Å². The van der Waals surface area contributed by atoms with Gasteiger partial charge in [-0.05, 0) is 69.5 Å². The number of amides is 2. The number of rotatable bonds is 10. The normalized spacial score (nSPS) is 15.9. The van der Waals surface area contributed by atoms with Gasteiger partial charge in [0, 0.05) is 50.9 Å². The summed E-state index contributed by atoms with van der Waals surface area (Å²) in [5.74, 6) is -2.84. The van der Waals surface area contributed by atoms with Crippen molar-refractivity contribution < 1.29 is 22.8 Å². The van der Waals surface area contributed by atoms with Gasteiger partial charge in [-0.3, -0.25) is 14.5 Å². The molecule has 3 rings (SSSR count). The molecule has 1 heterocycles. The molecular weight excluding hydrogens is 493 g/mol. The Morgan fingerprint density at radius 1 is 0.895 bits per heavy atom. The van der Waals surface area contributed by atoms with Gasteiger partial charge in [0.2, 0.25) is 11.8 Å². The molecule has 0 aliphatic carbocycles. The van der Waals surface area contributed by atoms with Crippen molar-refractivity contribution in [3.8, 4) is 0 Å². The van der Waals surface area contributed by atoms with Crippen LogP contribution >= 0.6 is 0 Å².